The van der Waals surface area contributed by atoms with Gasteiger partial charge in [0.15, 0.2) is 5.78 Å². The third kappa shape index (κ3) is 3.05. The van der Waals surface area contributed by atoms with E-state index >= 15 is 0 Å². The first-order valence-corrected chi connectivity index (χ1v) is 4.08. The van der Waals surface area contributed by atoms with Crippen LogP contribution in [-0.2, 0) is 14.3 Å². The standard InChI is InChI=1S/C8H11ClO3/c1-3-4-6(7(10)5-9)8(11)12-2/h4H,3,5H2,1-2H3/b6-4-. The topological polar surface area (TPSA) is 43.4 Å². The van der Waals surface area contributed by atoms with Gasteiger partial charge in [0.1, 0.15) is 0 Å². The van der Waals surface area contributed by atoms with E-state index in [1.54, 1.807) is 0 Å². The number of hydrogen-bond donors (Lipinski definition) is 0. The molecule has 0 aliphatic heterocycles. The molecule has 0 N–H and O–H groups in total. The van der Waals surface area contributed by atoms with Gasteiger partial charge in [-0.15, -0.1) is 11.6 Å². The van der Waals surface area contributed by atoms with E-state index in [9.17, 15) is 9.59 Å². The largest absolute Gasteiger partial charge is 0.465 e. The lowest BCUT2D eigenvalue weighted by atomic mass is 10.1. The van der Waals surface area contributed by atoms with Crippen LogP contribution in [0.1, 0.15) is 13.3 Å². The molecule has 0 aromatic heterocycles. The molecule has 0 spiro atoms. The highest BCUT2D eigenvalue weighted by atomic mass is 35.5. The molecule has 0 aromatic carbocycles. The molecule has 0 bridgehead atoms. The lowest BCUT2D eigenvalue weighted by Crippen LogP contribution is -2.15. The summed E-state index contributed by atoms with van der Waals surface area (Å²) in [6, 6.07) is 0. The average molecular weight is 191 g/mol. The number of alkyl halides is 1. The number of Topliss-reactive ketones (excluding diaryl/α,β-unsaturated/α-hetero) is 1. The number of methoxy groups -OCH3 is 1. The van der Waals surface area contributed by atoms with Gasteiger partial charge in [-0.2, -0.15) is 0 Å². The summed E-state index contributed by atoms with van der Waals surface area (Å²) in [5, 5.41) is 0. The number of allylic oxidation sites excluding steroid dienone is 1. The quantitative estimate of drug-likeness (QED) is 0.221. The Kier molecular flexibility index (Phi) is 5.37. The Labute approximate surface area is 76.3 Å². The zero-order valence-electron chi connectivity index (χ0n) is 7.09. The Morgan fingerprint density at radius 1 is 1.50 bits per heavy atom. The highest BCUT2D eigenvalue weighted by molar-refractivity contribution is 6.34. The van der Waals surface area contributed by atoms with Crippen LogP contribution in [0.25, 0.3) is 0 Å². The van der Waals surface area contributed by atoms with Crippen molar-refractivity contribution in [2.45, 2.75) is 13.3 Å². The van der Waals surface area contributed by atoms with Gasteiger partial charge < -0.3 is 4.74 Å². The second-order valence-corrected chi connectivity index (χ2v) is 2.34. The molecule has 3 nitrogen and oxygen atoms in total. The molecule has 0 unspecified atom stereocenters. The SMILES string of the molecule is CC/C=C(/C(=O)CCl)C(=O)OC. The van der Waals surface area contributed by atoms with E-state index in [2.05, 4.69) is 4.74 Å². The molecule has 0 atom stereocenters. The van der Waals surface area contributed by atoms with Crippen molar-refractivity contribution in [1.82, 2.24) is 0 Å². The molecule has 0 rings (SSSR count). The van der Waals surface area contributed by atoms with Crippen LogP contribution in [0.4, 0.5) is 0 Å². The number of hydrogen-bond acceptors (Lipinski definition) is 3. The lowest BCUT2D eigenvalue weighted by Gasteiger charge is -2.00. The van der Waals surface area contributed by atoms with Gasteiger partial charge in [0.25, 0.3) is 0 Å². The molecular weight excluding hydrogens is 180 g/mol. The van der Waals surface area contributed by atoms with E-state index in [1.807, 2.05) is 6.92 Å². The number of carbonyl (C=O) groups is 2. The first-order valence-electron chi connectivity index (χ1n) is 3.55. The Bertz CT molecular complexity index is 190. The number of rotatable bonds is 4. The zero-order chi connectivity index (χ0) is 9.56. The molecule has 0 aromatic rings. The molecule has 0 fully saturated rings. The minimum atomic E-state index is -0.623. The smallest absolute Gasteiger partial charge is 0.341 e. The van der Waals surface area contributed by atoms with Crippen LogP contribution < -0.4 is 0 Å². The third-order valence-corrected chi connectivity index (χ3v) is 1.48. The van der Waals surface area contributed by atoms with Crippen LogP contribution in [0, 0.1) is 0 Å². The van der Waals surface area contributed by atoms with Gasteiger partial charge >= 0.3 is 5.97 Å². The van der Waals surface area contributed by atoms with Crippen molar-refractivity contribution >= 4 is 23.4 Å². The van der Waals surface area contributed by atoms with Gasteiger partial charge in [-0.1, -0.05) is 13.0 Å². The second kappa shape index (κ2) is 5.77. The number of esters is 1. The van der Waals surface area contributed by atoms with Crippen molar-refractivity contribution in [3.63, 3.8) is 0 Å². The summed E-state index contributed by atoms with van der Waals surface area (Å²) in [5.74, 6) is -1.21. The van der Waals surface area contributed by atoms with Crippen LogP contribution in [0.15, 0.2) is 11.6 Å². The van der Waals surface area contributed by atoms with E-state index in [4.69, 9.17) is 11.6 Å². The van der Waals surface area contributed by atoms with Gasteiger partial charge in [0.05, 0.1) is 18.6 Å². The van der Waals surface area contributed by atoms with Crippen LogP contribution in [0.2, 0.25) is 0 Å². The predicted molar refractivity (Wildman–Crippen MR) is 46.1 cm³/mol. The molecule has 0 amide bonds. The number of ether oxygens (including phenoxy) is 1. The summed E-state index contributed by atoms with van der Waals surface area (Å²) in [6.07, 6.45) is 2.11. The van der Waals surface area contributed by atoms with Crippen molar-refractivity contribution in [3.8, 4) is 0 Å². The van der Waals surface area contributed by atoms with Crippen molar-refractivity contribution in [2.75, 3.05) is 13.0 Å². The maximum Gasteiger partial charge on any atom is 0.341 e. The zero-order valence-corrected chi connectivity index (χ0v) is 7.85. The maximum atomic E-state index is 11.0. The molecule has 4 heteroatoms. The molecule has 68 valence electrons. The highest BCUT2D eigenvalue weighted by Gasteiger charge is 2.16. The maximum absolute atomic E-state index is 11.0. The fourth-order valence-corrected chi connectivity index (χ4v) is 0.841. The summed E-state index contributed by atoms with van der Waals surface area (Å²) in [6.45, 7) is 1.82. The van der Waals surface area contributed by atoms with Crippen molar-refractivity contribution < 1.29 is 14.3 Å². The minimum Gasteiger partial charge on any atom is -0.465 e. The van der Waals surface area contributed by atoms with Gasteiger partial charge in [0.2, 0.25) is 0 Å². The highest BCUT2D eigenvalue weighted by Crippen LogP contribution is 2.02. The van der Waals surface area contributed by atoms with Crippen LogP contribution in [0.3, 0.4) is 0 Å². The normalized spacial score (nSPS) is 11.1. The number of halogens is 1. The van der Waals surface area contributed by atoms with Crippen LogP contribution >= 0.6 is 11.6 Å². The van der Waals surface area contributed by atoms with Crippen LogP contribution in [0.5, 0.6) is 0 Å². The average Bonchev–Trinajstić information content (AvgIpc) is 2.11. The van der Waals surface area contributed by atoms with Gasteiger partial charge in [-0.05, 0) is 6.42 Å². The summed E-state index contributed by atoms with van der Waals surface area (Å²) in [7, 11) is 1.23. The van der Waals surface area contributed by atoms with Crippen molar-refractivity contribution in [2.24, 2.45) is 0 Å². The molecule has 0 saturated heterocycles. The van der Waals surface area contributed by atoms with E-state index < -0.39 is 11.8 Å². The van der Waals surface area contributed by atoms with Gasteiger partial charge in [-0.25, -0.2) is 4.79 Å². The Hall–Kier alpha value is -0.830. The molecule has 0 radical (unpaired) electrons. The number of ketones is 1. The fourth-order valence-electron chi connectivity index (χ4n) is 0.697. The third-order valence-electron chi connectivity index (χ3n) is 1.24. The summed E-state index contributed by atoms with van der Waals surface area (Å²) in [4.78, 5) is 21.9. The second-order valence-electron chi connectivity index (χ2n) is 2.07. The van der Waals surface area contributed by atoms with E-state index in [0.29, 0.717) is 6.42 Å². The number of carbonyl (C=O) groups excluding carboxylic acids is 2. The molecule has 0 aliphatic rings. The van der Waals surface area contributed by atoms with E-state index in [0.717, 1.165) is 0 Å². The lowest BCUT2D eigenvalue weighted by molar-refractivity contribution is -0.137. The molecule has 0 aliphatic carbocycles. The van der Waals surface area contributed by atoms with Crippen LogP contribution in [-0.4, -0.2) is 24.7 Å². The summed E-state index contributed by atoms with van der Waals surface area (Å²) in [5.41, 5.74) is 0.0370. The van der Waals surface area contributed by atoms with Crippen molar-refractivity contribution in [3.05, 3.63) is 11.6 Å². The molecule has 12 heavy (non-hydrogen) atoms. The Morgan fingerprint density at radius 2 is 2.08 bits per heavy atom. The minimum absolute atomic E-state index is 0.0370. The molecular formula is C8H11ClO3. The van der Waals surface area contributed by atoms with Crippen molar-refractivity contribution in [1.29, 1.82) is 0 Å². The Balaban J connectivity index is 4.55. The predicted octanol–water partition coefficient (Wildman–Crippen LogP) is 1.30. The fraction of sp³-hybridized carbons (Fsp3) is 0.500. The van der Waals surface area contributed by atoms with Gasteiger partial charge in [0, 0.05) is 0 Å². The monoisotopic (exact) mass is 190 g/mol. The first kappa shape index (κ1) is 11.2. The molecule has 0 saturated carbocycles. The van der Waals surface area contributed by atoms with E-state index in [1.165, 1.54) is 13.2 Å². The van der Waals surface area contributed by atoms with Gasteiger partial charge in [-0.3, -0.25) is 4.79 Å². The van der Waals surface area contributed by atoms with E-state index in [-0.39, 0.29) is 11.5 Å². The molecule has 0 heterocycles. The summed E-state index contributed by atoms with van der Waals surface area (Å²) >= 11 is 5.29. The first-order chi connectivity index (χ1) is 5.67. The Morgan fingerprint density at radius 3 is 2.42 bits per heavy atom. The summed E-state index contributed by atoms with van der Waals surface area (Å²) < 4.78 is 4.40.